The minimum absolute atomic E-state index is 0.227. The molecule has 0 fully saturated rings. The molecule has 0 aliphatic rings. The molecule has 0 spiro atoms. The highest BCUT2D eigenvalue weighted by atomic mass is 16.7. The maximum absolute atomic E-state index is 10.6. The number of ether oxygens (including phenoxy) is 3. The molecule has 18 heavy (non-hydrogen) atoms. The van der Waals surface area contributed by atoms with Gasteiger partial charge in [0.15, 0.2) is 6.79 Å². The minimum Gasteiger partial charge on any atom is -0.468 e. The first-order chi connectivity index (χ1) is 8.72. The van der Waals surface area contributed by atoms with E-state index in [2.05, 4.69) is 5.32 Å². The van der Waals surface area contributed by atoms with Crippen LogP contribution < -0.4 is 10.1 Å². The van der Waals surface area contributed by atoms with Gasteiger partial charge in [0, 0.05) is 13.5 Å². The van der Waals surface area contributed by atoms with Crippen molar-refractivity contribution < 1.29 is 19.0 Å². The molecule has 0 saturated carbocycles. The average molecular weight is 253 g/mol. The lowest BCUT2D eigenvalue weighted by Gasteiger charge is -2.08. The van der Waals surface area contributed by atoms with Gasteiger partial charge in [0.2, 0.25) is 0 Å². The van der Waals surface area contributed by atoms with E-state index in [0.717, 1.165) is 17.9 Å². The number of carbonyl (C=O) groups excluding carboxylic acids is 1. The van der Waals surface area contributed by atoms with Gasteiger partial charge in [0.1, 0.15) is 12.4 Å². The number of benzene rings is 1. The van der Waals surface area contributed by atoms with Crippen molar-refractivity contribution in [2.45, 2.75) is 13.5 Å². The molecule has 0 aliphatic carbocycles. The van der Waals surface area contributed by atoms with Crippen molar-refractivity contribution >= 4 is 5.97 Å². The van der Waals surface area contributed by atoms with Crippen molar-refractivity contribution in [1.29, 1.82) is 0 Å². The van der Waals surface area contributed by atoms with Gasteiger partial charge in [-0.1, -0.05) is 12.1 Å². The summed E-state index contributed by atoms with van der Waals surface area (Å²) in [6, 6.07) is 7.35. The molecule has 0 saturated heterocycles. The van der Waals surface area contributed by atoms with Crippen LogP contribution in [0.3, 0.4) is 0 Å². The van der Waals surface area contributed by atoms with Crippen LogP contribution in [0.15, 0.2) is 24.3 Å². The Morgan fingerprint density at radius 2 is 2.00 bits per heavy atom. The van der Waals surface area contributed by atoms with Gasteiger partial charge in [0.25, 0.3) is 0 Å². The van der Waals surface area contributed by atoms with Crippen LogP contribution in [-0.2, 0) is 20.9 Å². The highest BCUT2D eigenvalue weighted by molar-refractivity contribution is 5.65. The quantitative estimate of drug-likeness (QED) is 0.430. The maximum atomic E-state index is 10.6. The largest absolute Gasteiger partial charge is 0.468 e. The Morgan fingerprint density at radius 3 is 2.61 bits per heavy atom. The first kappa shape index (κ1) is 14.5. The number of rotatable bonds is 8. The van der Waals surface area contributed by atoms with E-state index < -0.39 is 0 Å². The topological polar surface area (TPSA) is 56.8 Å². The molecule has 0 heterocycles. The predicted octanol–water partition coefficient (Wildman–Crippen LogP) is 1.32. The Balaban J connectivity index is 2.25. The number of likely N-dealkylation sites (N-methyl/N-ethyl adjacent to an activating group) is 1. The van der Waals surface area contributed by atoms with Crippen LogP contribution in [0.2, 0.25) is 0 Å². The third-order valence-electron chi connectivity index (χ3n) is 2.17. The monoisotopic (exact) mass is 253 g/mol. The number of nitrogens with one attached hydrogen (secondary N) is 1. The molecule has 5 nitrogen and oxygen atoms in total. The summed E-state index contributed by atoms with van der Waals surface area (Å²) < 4.78 is 15.5. The summed E-state index contributed by atoms with van der Waals surface area (Å²) in [6.07, 6.45) is 0. The molecule has 0 bridgehead atoms. The standard InChI is InChI=1S/C13H19NO4/c1-11(15)17-9-12-3-5-13(6-4-12)18-10-16-8-7-14-2/h3-6,14H,7-10H2,1-2H3. The zero-order chi connectivity index (χ0) is 13.2. The SMILES string of the molecule is CNCCOCOc1ccc(COC(C)=O)cc1. The fourth-order valence-electron chi connectivity index (χ4n) is 1.21. The van der Waals surface area contributed by atoms with E-state index in [1.54, 1.807) is 0 Å². The minimum atomic E-state index is -0.284. The van der Waals surface area contributed by atoms with Crippen molar-refractivity contribution in [2.24, 2.45) is 0 Å². The van der Waals surface area contributed by atoms with Gasteiger partial charge in [0.05, 0.1) is 6.61 Å². The van der Waals surface area contributed by atoms with Crippen molar-refractivity contribution in [3.05, 3.63) is 29.8 Å². The van der Waals surface area contributed by atoms with Crippen LogP contribution >= 0.6 is 0 Å². The number of hydrogen-bond donors (Lipinski definition) is 1. The van der Waals surface area contributed by atoms with Gasteiger partial charge in [-0.3, -0.25) is 4.79 Å². The van der Waals surface area contributed by atoms with Crippen LogP contribution in [0.5, 0.6) is 5.75 Å². The van der Waals surface area contributed by atoms with E-state index in [0.29, 0.717) is 6.61 Å². The van der Waals surface area contributed by atoms with Crippen molar-refractivity contribution in [3.8, 4) is 5.75 Å². The molecular formula is C13H19NO4. The molecule has 0 amide bonds. The summed E-state index contributed by atoms with van der Waals surface area (Å²) in [6.45, 7) is 3.31. The molecule has 0 aliphatic heterocycles. The highest BCUT2D eigenvalue weighted by Gasteiger charge is 1.98. The molecule has 1 aromatic rings. The Morgan fingerprint density at radius 1 is 1.28 bits per heavy atom. The Hall–Kier alpha value is -1.59. The van der Waals surface area contributed by atoms with E-state index in [-0.39, 0.29) is 19.4 Å². The second-order valence-electron chi connectivity index (χ2n) is 3.70. The van der Waals surface area contributed by atoms with Gasteiger partial charge in [-0.2, -0.15) is 0 Å². The lowest BCUT2D eigenvalue weighted by molar-refractivity contribution is -0.142. The first-order valence-corrected chi connectivity index (χ1v) is 5.80. The van der Waals surface area contributed by atoms with Crippen molar-refractivity contribution in [3.63, 3.8) is 0 Å². The number of carbonyl (C=O) groups is 1. The summed E-state index contributed by atoms with van der Waals surface area (Å²) in [5, 5.41) is 2.97. The summed E-state index contributed by atoms with van der Waals surface area (Å²) >= 11 is 0. The van der Waals surface area contributed by atoms with Gasteiger partial charge in [-0.15, -0.1) is 0 Å². The van der Waals surface area contributed by atoms with Gasteiger partial charge in [-0.05, 0) is 24.7 Å². The molecule has 5 heteroatoms. The van der Waals surface area contributed by atoms with Crippen LogP contribution in [-0.4, -0.2) is 33.0 Å². The lowest BCUT2D eigenvalue weighted by Crippen LogP contribution is -2.16. The molecular weight excluding hydrogens is 234 g/mol. The normalized spacial score (nSPS) is 10.1. The third kappa shape index (κ3) is 6.22. The zero-order valence-corrected chi connectivity index (χ0v) is 10.8. The molecule has 0 unspecified atom stereocenters. The van der Waals surface area contributed by atoms with E-state index in [4.69, 9.17) is 14.2 Å². The second-order valence-corrected chi connectivity index (χ2v) is 3.70. The van der Waals surface area contributed by atoms with E-state index in [1.807, 2.05) is 31.3 Å². The average Bonchev–Trinajstić information content (AvgIpc) is 2.37. The maximum Gasteiger partial charge on any atom is 0.302 e. The molecule has 0 atom stereocenters. The summed E-state index contributed by atoms with van der Waals surface area (Å²) in [7, 11) is 1.87. The van der Waals surface area contributed by atoms with Gasteiger partial charge < -0.3 is 19.5 Å². The van der Waals surface area contributed by atoms with Crippen molar-refractivity contribution in [2.75, 3.05) is 27.0 Å². The first-order valence-electron chi connectivity index (χ1n) is 5.80. The lowest BCUT2D eigenvalue weighted by atomic mass is 10.2. The molecule has 0 radical (unpaired) electrons. The van der Waals surface area contributed by atoms with Crippen molar-refractivity contribution in [1.82, 2.24) is 5.32 Å². The van der Waals surface area contributed by atoms with Gasteiger partial charge in [-0.25, -0.2) is 0 Å². The molecule has 100 valence electrons. The number of esters is 1. The van der Waals surface area contributed by atoms with Crippen LogP contribution in [0, 0.1) is 0 Å². The summed E-state index contributed by atoms with van der Waals surface area (Å²) in [5.74, 6) is 0.444. The van der Waals surface area contributed by atoms with Crippen LogP contribution in [0.25, 0.3) is 0 Å². The summed E-state index contributed by atoms with van der Waals surface area (Å²) in [4.78, 5) is 10.6. The Labute approximate surface area is 107 Å². The highest BCUT2D eigenvalue weighted by Crippen LogP contribution is 2.12. The number of hydrogen-bond acceptors (Lipinski definition) is 5. The second kappa shape index (κ2) is 8.49. The van der Waals surface area contributed by atoms with Crippen LogP contribution in [0.1, 0.15) is 12.5 Å². The molecule has 1 aromatic carbocycles. The fourth-order valence-corrected chi connectivity index (χ4v) is 1.21. The Bertz CT molecular complexity index is 351. The molecule has 0 aromatic heterocycles. The Kier molecular flexibility index (Phi) is 6.83. The smallest absolute Gasteiger partial charge is 0.302 e. The van der Waals surface area contributed by atoms with Crippen LogP contribution in [0.4, 0.5) is 0 Å². The third-order valence-corrected chi connectivity index (χ3v) is 2.17. The fraction of sp³-hybridized carbons (Fsp3) is 0.462. The van der Waals surface area contributed by atoms with E-state index in [9.17, 15) is 4.79 Å². The van der Waals surface area contributed by atoms with E-state index >= 15 is 0 Å². The molecule has 1 N–H and O–H groups in total. The molecule has 1 rings (SSSR count). The van der Waals surface area contributed by atoms with Gasteiger partial charge >= 0.3 is 5.97 Å². The zero-order valence-electron chi connectivity index (χ0n) is 10.8. The predicted molar refractivity (Wildman–Crippen MR) is 67.3 cm³/mol. The summed E-state index contributed by atoms with van der Waals surface area (Å²) in [5.41, 5.74) is 0.925. The van der Waals surface area contributed by atoms with E-state index in [1.165, 1.54) is 6.92 Å².